The van der Waals surface area contributed by atoms with E-state index in [0.717, 1.165) is 19.3 Å². The first-order valence-corrected chi connectivity index (χ1v) is 5.35. The highest BCUT2D eigenvalue weighted by Gasteiger charge is 2.27. The maximum atomic E-state index is 11.9. The first-order valence-electron chi connectivity index (χ1n) is 3.56. The van der Waals surface area contributed by atoms with Crippen LogP contribution in [0.4, 0.5) is 8.78 Å². The Labute approximate surface area is 65.0 Å². The second-order valence-corrected chi connectivity index (χ2v) is 5.09. The lowest BCUT2D eigenvalue weighted by Crippen LogP contribution is -2.25. The van der Waals surface area contributed by atoms with E-state index >= 15 is 0 Å². The van der Waals surface area contributed by atoms with Gasteiger partial charge in [0.1, 0.15) is 9.73 Å². The zero-order valence-electron chi connectivity index (χ0n) is 6.06. The van der Waals surface area contributed by atoms with Crippen LogP contribution in [0.3, 0.4) is 0 Å². The quantitative estimate of drug-likeness (QED) is 0.714. The van der Waals surface area contributed by atoms with Crippen molar-refractivity contribution in [2.75, 3.05) is 5.75 Å². The maximum Gasteiger partial charge on any atom is 0.318 e. The van der Waals surface area contributed by atoms with E-state index in [9.17, 15) is 13.0 Å². The van der Waals surface area contributed by atoms with Crippen LogP contribution in [0.25, 0.3) is 0 Å². The zero-order chi connectivity index (χ0) is 8.48. The Morgan fingerprint density at radius 3 is 2.36 bits per heavy atom. The molecule has 1 aliphatic carbocycles. The molecule has 0 bridgehead atoms. The molecule has 1 fully saturated rings. The summed E-state index contributed by atoms with van der Waals surface area (Å²) in [7, 11) is -3.59. The standard InChI is InChI=1S/C6H11F2NOS/c7-6(8)11(9,10)4-5-2-1-3-5/h5-6,9H,1-4H2. The number of rotatable bonds is 3. The Morgan fingerprint density at radius 1 is 1.55 bits per heavy atom. The largest absolute Gasteiger partial charge is 0.318 e. The Hall–Kier alpha value is -0.190. The lowest BCUT2D eigenvalue weighted by atomic mass is 9.87. The fourth-order valence-corrected chi connectivity index (χ4v) is 2.26. The van der Waals surface area contributed by atoms with Gasteiger partial charge in [0.15, 0.2) is 0 Å². The minimum Gasteiger partial charge on any atom is -0.248 e. The van der Waals surface area contributed by atoms with E-state index in [0.29, 0.717) is 0 Å². The summed E-state index contributed by atoms with van der Waals surface area (Å²) in [6, 6.07) is 0. The monoisotopic (exact) mass is 183 g/mol. The van der Waals surface area contributed by atoms with Crippen LogP contribution in [0, 0.1) is 10.7 Å². The van der Waals surface area contributed by atoms with Gasteiger partial charge in [0.2, 0.25) is 0 Å². The van der Waals surface area contributed by atoms with Crippen LogP contribution in [0.1, 0.15) is 19.3 Å². The van der Waals surface area contributed by atoms with Gasteiger partial charge in [0, 0.05) is 5.75 Å². The molecule has 5 heteroatoms. The molecule has 2 nitrogen and oxygen atoms in total. The normalized spacial score (nSPS) is 24.6. The Kier molecular flexibility index (Phi) is 2.47. The summed E-state index contributed by atoms with van der Waals surface area (Å²) in [6.45, 7) is 0. The first-order chi connectivity index (χ1) is 5.02. The highest BCUT2D eigenvalue weighted by Crippen LogP contribution is 2.29. The molecular weight excluding hydrogens is 172 g/mol. The summed E-state index contributed by atoms with van der Waals surface area (Å²) in [5.74, 6) is -2.96. The van der Waals surface area contributed by atoms with Crippen molar-refractivity contribution in [1.29, 1.82) is 4.78 Å². The van der Waals surface area contributed by atoms with E-state index in [4.69, 9.17) is 4.78 Å². The molecule has 1 saturated carbocycles. The second-order valence-electron chi connectivity index (χ2n) is 2.95. The van der Waals surface area contributed by atoms with Crippen LogP contribution in [-0.2, 0) is 9.73 Å². The molecule has 0 saturated heterocycles. The van der Waals surface area contributed by atoms with Gasteiger partial charge < -0.3 is 0 Å². The Balaban J connectivity index is 2.46. The lowest BCUT2D eigenvalue weighted by molar-refractivity contribution is 0.237. The molecule has 1 aliphatic rings. The molecule has 0 aliphatic heterocycles. The average Bonchev–Trinajstić information content (AvgIpc) is 1.79. The van der Waals surface area contributed by atoms with Crippen LogP contribution in [0.2, 0.25) is 0 Å². The molecule has 1 rings (SSSR count). The molecule has 0 aromatic rings. The second kappa shape index (κ2) is 3.05. The molecule has 0 aromatic carbocycles. The predicted octanol–water partition coefficient (Wildman–Crippen LogP) is 2.06. The zero-order valence-corrected chi connectivity index (χ0v) is 6.87. The summed E-state index contributed by atoms with van der Waals surface area (Å²) in [6.07, 6.45) is 2.76. The molecular formula is C6H11F2NOS. The summed E-state index contributed by atoms with van der Waals surface area (Å²) >= 11 is 0. The summed E-state index contributed by atoms with van der Waals surface area (Å²) in [5.41, 5.74) is 0. The fourth-order valence-electron chi connectivity index (χ4n) is 1.08. The van der Waals surface area contributed by atoms with Crippen LogP contribution in [0.5, 0.6) is 0 Å². The predicted molar refractivity (Wildman–Crippen MR) is 39.1 cm³/mol. The van der Waals surface area contributed by atoms with Crippen LogP contribution in [-0.4, -0.2) is 15.7 Å². The number of hydrogen-bond donors (Lipinski definition) is 1. The van der Waals surface area contributed by atoms with Gasteiger partial charge in [-0.1, -0.05) is 6.42 Å². The van der Waals surface area contributed by atoms with Crippen molar-refractivity contribution < 1.29 is 13.0 Å². The van der Waals surface area contributed by atoms with E-state index in [1.807, 2.05) is 0 Å². The number of alkyl halides is 2. The lowest BCUT2D eigenvalue weighted by Gasteiger charge is -2.25. The van der Waals surface area contributed by atoms with Gasteiger partial charge in [-0.25, -0.2) is 8.99 Å². The topological polar surface area (TPSA) is 40.9 Å². The molecule has 0 heterocycles. The summed E-state index contributed by atoms with van der Waals surface area (Å²) in [5, 5.41) is 0. The van der Waals surface area contributed by atoms with Crippen LogP contribution < -0.4 is 0 Å². The van der Waals surface area contributed by atoms with Gasteiger partial charge in [-0.2, -0.15) is 8.78 Å². The maximum absolute atomic E-state index is 11.9. The van der Waals surface area contributed by atoms with E-state index in [1.54, 1.807) is 0 Å². The minimum absolute atomic E-state index is 0.106. The third-order valence-electron chi connectivity index (χ3n) is 2.00. The molecule has 1 atom stereocenters. The van der Waals surface area contributed by atoms with Crippen molar-refractivity contribution in [3.8, 4) is 0 Å². The molecule has 1 N–H and O–H groups in total. The van der Waals surface area contributed by atoms with Crippen molar-refractivity contribution in [2.24, 2.45) is 5.92 Å². The average molecular weight is 183 g/mol. The minimum atomic E-state index is -3.59. The Morgan fingerprint density at radius 2 is 2.09 bits per heavy atom. The SMILES string of the molecule is N=S(=O)(CC1CCC1)C(F)F. The van der Waals surface area contributed by atoms with Crippen molar-refractivity contribution in [3.63, 3.8) is 0 Å². The summed E-state index contributed by atoms with van der Waals surface area (Å²) in [4.78, 5) is 0. The van der Waals surface area contributed by atoms with Gasteiger partial charge >= 0.3 is 5.76 Å². The molecule has 0 amide bonds. The van der Waals surface area contributed by atoms with E-state index in [1.165, 1.54) is 0 Å². The number of hydrogen-bond acceptors (Lipinski definition) is 2. The number of nitrogens with one attached hydrogen (secondary N) is 1. The van der Waals surface area contributed by atoms with Crippen molar-refractivity contribution in [3.05, 3.63) is 0 Å². The number of halogens is 2. The van der Waals surface area contributed by atoms with Gasteiger partial charge in [0.25, 0.3) is 0 Å². The molecule has 66 valence electrons. The third-order valence-corrected chi connectivity index (χ3v) is 3.54. The molecule has 0 spiro atoms. The summed E-state index contributed by atoms with van der Waals surface area (Å²) < 4.78 is 41.4. The van der Waals surface area contributed by atoms with Crippen molar-refractivity contribution in [1.82, 2.24) is 0 Å². The molecule has 0 radical (unpaired) electrons. The molecule has 0 aromatic heterocycles. The van der Waals surface area contributed by atoms with Crippen molar-refractivity contribution >= 4 is 9.73 Å². The highest BCUT2D eigenvalue weighted by atomic mass is 32.2. The highest BCUT2D eigenvalue weighted by molar-refractivity contribution is 7.92. The van der Waals surface area contributed by atoms with E-state index in [-0.39, 0.29) is 11.7 Å². The smallest absolute Gasteiger partial charge is 0.248 e. The first kappa shape index (κ1) is 8.90. The van der Waals surface area contributed by atoms with Gasteiger partial charge in [0.05, 0.1) is 0 Å². The van der Waals surface area contributed by atoms with Gasteiger partial charge in [-0.15, -0.1) is 0 Å². The van der Waals surface area contributed by atoms with E-state index < -0.39 is 15.5 Å². The molecule has 1 unspecified atom stereocenters. The Bertz CT molecular complexity index is 221. The van der Waals surface area contributed by atoms with Gasteiger partial charge in [-0.05, 0) is 18.8 Å². The van der Waals surface area contributed by atoms with Gasteiger partial charge in [-0.3, -0.25) is 0 Å². The van der Waals surface area contributed by atoms with E-state index in [2.05, 4.69) is 0 Å². The molecule has 11 heavy (non-hydrogen) atoms. The van der Waals surface area contributed by atoms with Crippen LogP contribution in [0.15, 0.2) is 0 Å². The fraction of sp³-hybridized carbons (Fsp3) is 1.00. The van der Waals surface area contributed by atoms with Crippen molar-refractivity contribution in [2.45, 2.75) is 25.0 Å². The van der Waals surface area contributed by atoms with Crippen LogP contribution >= 0.6 is 0 Å². The third kappa shape index (κ3) is 2.12.